The summed E-state index contributed by atoms with van der Waals surface area (Å²) in [5.41, 5.74) is 1.28. The highest BCUT2D eigenvalue weighted by atomic mass is 79.9. The van der Waals surface area contributed by atoms with Crippen LogP contribution in [0.3, 0.4) is 0 Å². The van der Waals surface area contributed by atoms with Crippen LogP contribution in [-0.2, 0) is 6.54 Å². The van der Waals surface area contributed by atoms with Gasteiger partial charge < -0.3 is 10.1 Å². The van der Waals surface area contributed by atoms with E-state index in [0.29, 0.717) is 6.04 Å². The zero-order chi connectivity index (χ0) is 13.5. The quantitative estimate of drug-likeness (QED) is 0.807. The molecule has 102 valence electrons. The van der Waals surface area contributed by atoms with E-state index in [4.69, 9.17) is 4.74 Å². The van der Waals surface area contributed by atoms with E-state index in [1.165, 1.54) is 18.4 Å². The first-order valence-electron chi connectivity index (χ1n) is 6.62. The van der Waals surface area contributed by atoms with Gasteiger partial charge in [0.25, 0.3) is 0 Å². The highest BCUT2D eigenvalue weighted by Gasteiger charge is 2.07. The topological polar surface area (TPSA) is 21.3 Å². The number of rotatable bonds is 7. The van der Waals surface area contributed by atoms with E-state index in [-0.39, 0.29) is 0 Å². The Labute approximate surface area is 119 Å². The molecule has 0 aromatic heterocycles. The molecule has 2 atom stereocenters. The number of benzene rings is 1. The zero-order valence-corrected chi connectivity index (χ0v) is 13.4. The van der Waals surface area contributed by atoms with Gasteiger partial charge in [0.2, 0.25) is 0 Å². The van der Waals surface area contributed by atoms with Crippen molar-refractivity contribution in [3.05, 3.63) is 28.2 Å². The minimum absolute atomic E-state index is 0.556. The Balaban J connectivity index is 2.46. The van der Waals surface area contributed by atoms with Crippen molar-refractivity contribution in [3.63, 3.8) is 0 Å². The smallest absolute Gasteiger partial charge is 0.133 e. The molecule has 0 aliphatic rings. The van der Waals surface area contributed by atoms with E-state index in [0.717, 1.165) is 22.7 Å². The van der Waals surface area contributed by atoms with Crippen LogP contribution in [0.25, 0.3) is 0 Å². The van der Waals surface area contributed by atoms with E-state index in [2.05, 4.69) is 54.2 Å². The summed E-state index contributed by atoms with van der Waals surface area (Å²) in [7, 11) is 1.69. The van der Waals surface area contributed by atoms with Gasteiger partial charge in [-0.2, -0.15) is 0 Å². The van der Waals surface area contributed by atoms with Crippen molar-refractivity contribution < 1.29 is 4.74 Å². The van der Waals surface area contributed by atoms with Gasteiger partial charge in [-0.25, -0.2) is 0 Å². The Morgan fingerprint density at radius 1 is 1.33 bits per heavy atom. The molecule has 0 amide bonds. The molecular weight excluding hydrogens is 290 g/mol. The van der Waals surface area contributed by atoms with Crippen molar-refractivity contribution in [1.82, 2.24) is 5.32 Å². The standard InChI is InChI=1S/C15H24BrNO/c1-5-11(2)8-12(3)17-10-13-6-7-15(18-4)14(16)9-13/h6-7,9,11-12,17H,5,8,10H2,1-4H3. The SMILES string of the molecule is CCC(C)CC(C)NCc1ccc(OC)c(Br)c1. The number of halogens is 1. The van der Waals surface area contributed by atoms with Crippen LogP contribution in [0, 0.1) is 5.92 Å². The summed E-state index contributed by atoms with van der Waals surface area (Å²) in [5, 5.41) is 3.57. The molecule has 2 unspecified atom stereocenters. The summed E-state index contributed by atoms with van der Waals surface area (Å²) in [5.74, 6) is 1.67. The molecule has 0 aliphatic heterocycles. The molecule has 0 radical (unpaired) electrons. The van der Waals surface area contributed by atoms with Crippen LogP contribution in [0.15, 0.2) is 22.7 Å². The largest absolute Gasteiger partial charge is 0.496 e. The Morgan fingerprint density at radius 2 is 2.06 bits per heavy atom. The van der Waals surface area contributed by atoms with Crippen LogP contribution in [0.5, 0.6) is 5.75 Å². The number of hydrogen-bond acceptors (Lipinski definition) is 2. The molecule has 0 aliphatic carbocycles. The number of nitrogens with one attached hydrogen (secondary N) is 1. The molecule has 0 saturated heterocycles. The van der Waals surface area contributed by atoms with Gasteiger partial charge in [0.05, 0.1) is 11.6 Å². The van der Waals surface area contributed by atoms with Crippen molar-refractivity contribution in [3.8, 4) is 5.75 Å². The van der Waals surface area contributed by atoms with Crippen LogP contribution in [0.1, 0.15) is 39.2 Å². The van der Waals surface area contributed by atoms with Gasteiger partial charge in [0, 0.05) is 12.6 Å². The zero-order valence-electron chi connectivity index (χ0n) is 11.8. The summed E-state index contributed by atoms with van der Waals surface area (Å²) in [6, 6.07) is 6.77. The molecule has 2 nitrogen and oxygen atoms in total. The summed E-state index contributed by atoms with van der Waals surface area (Å²) in [4.78, 5) is 0. The molecule has 1 aromatic rings. The van der Waals surface area contributed by atoms with E-state index in [9.17, 15) is 0 Å². The van der Waals surface area contributed by atoms with E-state index < -0.39 is 0 Å². The summed E-state index contributed by atoms with van der Waals surface area (Å²) in [6.07, 6.45) is 2.48. The van der Waals surface area contributed by atoms with Crippen LogP contribution >= 0.6 is 15.9 Å². The summed E-state index contributed by atoms with van der Waals surface area (Å²) >= 11 is 3.51. The Hall–Kier alpha value is -0.540. The van der Waals surface area contributed by atoms with Crippen molar-refractivity contribution >= 4 is 15.9 Å². The number of methoxy groups -OCH3 is 1. The first-order valence-corrected chi connectivity index (χ1v) is 7.41. The Morgan fingerprint density at radius 3 is 2.61 bits per heavy atom. The van der Waals surface area contributed by atoms with Crippen LogP contribution in [-0.4, -0.2) is 13.2 Å². The molecule has 1 aromatic carbocycles. The highest BCUT2D eigenvalue weighted by Crippen LogP contribution is 2.25. The van der Waals surface area contributed by atoms with Crippen molar-refractivity contribution in [2.75, 3.05) is 7.11 Å². The van der Waals surface area contributed by atoms with Crippen molar-refractivity contribution in [1.29, 1.82) is 0 Å². The minimum Gasteiger partial charge on any atom is -0.496 e. The highest BCUT2D eigenvalue weighted by molar-refractivity contribution is 9.10. The average molecular weight is 314 g/mol. The summed E-state index contributed by atoms with van der Waals surface area (Å²) in [6.45, 7) is 7.71. The van der Waals surface area contributed by atoms with Gasteiger partial charge in [0.15, 0.2) is 0 Å². The number of ether oxygens (including phenoxy) is 1. The molecule has 3 heteroatoms. The fraction of sp³-hybridized carbons (Fsp3) is 0.600. The van der Waals surface area contributed by atoms with Crippen LogP contribution < -0.4 is 10.1 Å². The minimum atomic E-state index is 0.556. The predicted molar refractivity (Wildman–Crippen MR) is 81.1 cm³/mol. The lowest BCUT2D eigenvalue weighted by atomic mass is 10.0. The molecule has 1 N–H and O–H groups in total. The second-order valence-electron chi connectivity index (χ2n) is 5.00. The van der Waals surface area contributed by atoms with E-state index >= 15 is 0 Å². The Kier molecular flexibility index (Phi) is 6.72. The fourth-order valence-electron chi connectivity index (χ4n) is 1.97. The van der Waals surface area contributed by atoms with Crippen LogP contribution in [0.2, 0.25) is 0 Å². The van der Waals surface area contributed by atoms with Crippen molar-refractivity contribution in [2.45, 2.75) is 46.2 Å². The third-order valence-corrected chi connectivity index (χ3v) is 3.94. The maximum Gasteiger partial charge on any atom is 0.133 e. The van der Waals surface area contributed by atoms with Crippen molar-refractivity contribution in [2.24, 2.45) is 5.92 Å². The van der Waals surface area contributed by atoms with E-state index in [1.807, 2.05) is 6.07 Å². The van der Waals surface area contributed by atoms with Gasteiger partial charge in [-0.3, -0.25) is 0 Å². The third kappa shape index (κ3) is 4.99. The molecule has 18 heavy (non-hydrogen) atoms. The molecule has 0 spiro atoms. The molecule has 1 rings (SSSR count). The second-order valence-corrected chi connectivity index (χ2v) is 5.85. The third-order valence-electron chi connectivity index (χ3n) is 3.32. The molecule has 0 heterocycles. The van der Waals surface area contributed by atoms with Gasteiger partial charge in [0.1, 0.15) is 5.75 Å². The Bertz CT molecular complexity index is 368. The van der Waals surface area contributed by atoms with Gasteiger partial charge in [-0.05, 0) is 52.9 Å². The van der Waals surface area contributed by atoms with Gasteiger partial charge >= 0.3 is 0 Å². The lowest BCUT2D eigenvalue weighted by Gasteiger charge is -2.17. The van der Waals surface area contributed by atoms with Crippen LogP contribution in [0.4, 0.5) is 0 Å². The second kappa shape index (κ2) is 7.80. The lowest BCUT2D eigenvalue weighted by molar-refractivity contribution is 0.408. The molecule has 0 saturated carbocycles. The first kappa shape index (κ1) is 15.5. The molecular formula is C15H24BrNO. The van der Waals surface area contributed by atoms with Gasteiger partial charge in [-0.1, -0.05) is 26.3 Å². The summed E-state index contributed by atoms with van der Waals surface area (Å²) < 4.78 is 6.24. The lowest BCUT2D eigenvalue weighted by Crippen LogP contribution is -2.27. The fourth-order valence-corrected chi connectivity index (χ4v) is 2.55. The van der Waals surface area contributed by atoms with Gasteiger partial charge in [-0.15, -0.1) is 0 Å². The average Bonchev–Trinajstić information content (AvgIpc) is 2.36. The predicted octanol–water partition coefficient (Wildman–Crippen LogP) is 4.37. The number of hydrogen-bond donors (Lipinski definition) is 1. The normalized spacial score (nSPS) is 14.3. The van der Waals surface area contributed by atoms with E-state index in [1.54, 1.807) is 7.11 Å². The molecule has 0 fully saturated rings. The first-order chi connectivity index (χ1) is 8.56. The monoisotopic (exact) mass is 313 g/mol. The maximum atomic E-state index is 5.23. The maximum absolute atomic E-state index is 5.23. The molecule has 0 bridgehead atoms.